The number of nitrogen functional groups attached to an aromatic ring is 1. The Morgan fingerprint density at radius 2 is 1.71 bits per heavy atom. The molecular formula is C13H9ClN2O. The molecule has 17 heavy (non-hydrogen) atoms. The van der Waals surface area contributed by atoms with Crippen molar-refractivity contribution in [1.82, 2.24) is 0 Å². The number of benzene rings is 2. The van der Waals surface area contributed by atoms with E-state index in [4.69, 9.17) is 22.5 Å². The second-order valence-corrected chi connectivity index (χ2v) is 4.32. The van der Waals surface area contributed by atoms with Crippen molar-refractivity contribution in [3.05, 3.63) is 52.5 Å². The molecule has 1 aliphatic rings. The van der Waals surface area contributed by atoms with E-state index >= 15 is 0 Å². The van der Waals surface area contributed by atoms with Crippen molar-refractivity contribution in [3.63, 3.8) is 0 Å². The monoisotopic (exact) mass is 244 g/mol. The van der Waals surface area contributed by atoms with Crippen LogP contribution >= 0.6 is 11.6 Å². The van der Waals surface area contributed by atoms with Crippen molar-refractivity contribution in [1.29, 1.82) is 0 Å². The molecule has 0 aliphatic heterocycles. The van der Waals surface area contributed by atoms with E-state index in [1.807, 2.05) is 30.3 Å². The molecule has 0 amide bonds. The van der Waals surface area contributed by atoms with Crippen molar-refractivity contribution < 1.29 is 5.21 Å². The van der Waals surface area contributed by atoms with Crippen LogP contribution < -0.4 is 5.73 Å². The molecule has 2 aromatic carbocycles. The highest BCUT2D eigenvalue weighted by molar-refractivity contribution is 6.34. The molecule has 3 rings (SSSR count). The van der Waals surface area contributed by atoms with Crippen LogP contribution in [0.3, 0.4) is 0 Å². The normalized spacial score (nSPS) is 14.8. The van der Waals surface area contributed by atoms with Crippen LogP contribution in [-0.4, -0.2) is 10.9 Å². The molecule has 0 fully saturated rings. The first kappa shape index (κ1) is 10.2. The van der Waals surface area contributed by atoms with Gasteiger partial charge in [-0.3, -0.25) is 0 Å². The molecule has 0 heterocycles. The fourth-order valence-corrected chi connectivity index (χ4v) is 2.35. The third-order valence-electron chi connectivity index (χ3n) is 2.96. The van der Waals surface area contributed by atoms with Gasteiger partial charge in [-0.15, -0.1) is 0 Å². The lowest BCUT2D eigenvalue weighted by Gasteiger charge is -2.03. The van der Waals surface area contributed by atoms with Crippen molar-refractivity contribution in [2.75, 3.05) is 5.73 Å². The molecule has 0 saturated heterocycles. The molecule has 1 aliphatic carbocycles. The molecule has 0 unspecified atom stereocenters. The van der Waals surface area contributed by atoms with Crippen LogP contribution in [0.1, 0.15) is 11.1 Å². The summed E-state index contributed by atoms with van der Waals surface area (Å²) in [5, 5.41) is 13.0. The average molecular weight is 245 g/mol. The maximum absolute atomic E-state index is 9.13. The summed E-state index contributed by atoms with van der Waals surface area (Å²) >= 11 is 6.02. The Hall–Kier alpha value is -2.00. The predicted molar refractivity (Wildman–Crippen MR) is 68.7 cm³/mol. The second-order valence-electron chi connectivity index (χ2n) is 3.91. The molecule has 4 heteroatoms. The van der Waals surface area contributed by atoms with Crippen LogP contribution in [0.25, 0.3) is 11.1 Å². The van der Waals surface area contributed by atoms with Gasteiger partial charge in [0.15, 0.2) is 0 Å². The Morgan fingerprint density at radius 3 is 2.41 bits per heavy atom. The third kappa shape index (κ3) is 1.33. The summed E-state index contributed by atoms with van der Waals surface area (Å²) < 4.78 is 0. The van der Waals surface area contributed by atoms with Crippen LogP contribution in [0, 0.1) is 0 Å². The summed E-state index contributed by atoms with van der Waals surface area (Å²) in [6, 6.07) is 11.3. The van der Waals surface area contributed by atoms with Gasteiger partial charge in [-0.25, -0.2) is 0 Å². The summed E-state index contributed by atoms with van der Waals surface area (Å²) in [4.78, 5) is 0. The highest BCUT2D eigenvalue weighted by Gasteiger charge is 2.25. The van der Waals surface area contributed by atoms with Gasteiger partial charge in [-0.05, 0) is 23.3 Å². The zero-order chi connectivity index (χ0) is 12.0. The molecule has 0 atom stereocenters. The average Bonchev–Trinajstić information content (AvgIpc) is 2.63. The number of fused-ring (bicyclic) bond motifs is 3. The number of hydrogen-bond donors (Lipinski definition) is 2. The molecule has 0 aromatic heterocycles. The van der Waals surface area contributed by atoms with Gasteiger partial charge in [0.2, 0.25) is 0 Å². The predicted octanol–water partition coefficient (Wildman–Crippen LogP) is 3.13. The number of anilines is 1. The van der Waals surface area contributed by atoms with Gasteiger partial charge in [0.05, 0.1) is 10.7 Å². The standard InChI is InChI=1S/C13H9ClN2O/c14-11-5-9-7-3-1-2-4-8(7)13(16-17)10(9)6-12(11)15/h1-6,17H,15H2/b16-13-. The largest absolute Gasteiger partial charge is 0.410 e. The summed E-state index contributed by atoms with van der Waals surface area (Å²) in [5.74, 6) is 0. The van der Waals surface area contributed by atoms with E-state index < -0.39 is 0 Å². The summed E-state index contributed by atoms with van der Waals surface area (Å²) in [7, 11) is 0. The molecule has 0 radical (unpaired) electrons. The van der Waals surface area contributed by atoms with E-state index in [0.717, 1.165) is 22.3 Å². The highest BCUT2D eigenvalue weighted by Crippen LogP contribution is 2.40. The van der Waals surface area contributed by atoms with Crippen LogP contribution in [0.2, 0.25) is 5.02 Å². The molecule has 84 valence electrons. The number of nitrogens with two attached hydrogens (primary N) is 1. The zero-order valence-electron chi connectivity index (χ0n) is 8.81. The number of hydrogen-bond acceptors (Lipinski definition) is 3. The molecule has 3 N–H and O–H groups in total. The first-order valence-electron chi connectivity index (χ1n) is 5.13. The third-order valence-corrected chi connectivity index (χ3v) is 3.29. The zero-order valence-corrected chi connectivity index (χ0v) is 9.57. The number of halogens is 1. The van der Waals surface area contributed by atoms with E-state index in [2.05, 4.69) is 5.16 Å². The van der Waals surface area contributed by atoms with Gasteiger partial charge in [0.25, 0.3) is 0 Å². The van der Waals surface area contributed by atoms with Gasteiger partial charge < -0.3 is 10.9 Å². The van der Waals surface area contributed by atoms with E-state index in [0.29, 0.717) is 16.4 Å². The minimum atomic E-state index is 0.486. The molecule has 0 bridgehead atoms. The van der Waals surface area contributed by atoms with Gasteiger partial charge in [0, 0.05) is 11.1 Å². The lowest BCUT2D eigenvalue weighted by atomic mass is 10.1. The highest BCUT2D eigenvalue weighted by atomic mass is 35.5. The lowest BCUT2D eigenvalue weighted by molar-refractivity contribution is 0.320. The molecule has 0 saturated carbocycles. The lowest BCUT2D eigenvalue weighted by Crippen LogP contribution is -1.99. The second kappa shape index (κ2) is 3.50. The van der Waals surface area contributed by atoms with Gasteiger partial charge in [-0.1, -0.05) is 41.0 Å². The van der Waals surface area contributed by atoms with Gasteiger partial charge in [0.1, 0.15) is 5.71 Å². The van der Waals surface area contributed by atoms with Crippen molar-refractivity contribution >= 4 is 23.0 Å². The fraction of sp³-hybridized carbons (Fsp3) is 0. The first-order valence-corrected chi connectivity index (χ1v) is 5.51. The Kier molecular flexibility index (Phi) is 2.09. The number of rotatable bonds is 0. The van der Waals surface area contributed by atoms with Crippen LogP contribution in [0.15, 0.2) is 41.6 Å². The summed E-state index contributed by atoms with van der Waals surface area (Å²) in [6.07, 6.45) is 0. The summed E-state index contributed by atoms with van der Waals surface area (Å²) in [5.41, 5.74) is 10.5. The quantitative estimate of drug-likeness (QED) is 0.363. The van der Waals surface area contributed by atoms with Crippen LogP contribution in [0.5, 0.6) is 0 Å². The number of oxime groups is 1. The van der Waals surface area contributed by atoms with Gasteiger partial charge >= 0.3 is 0 Å². The van der Waals surface area contributed by atoms with E-state index in [1.54, 1.807) is 6.07 Å². The van der Waals surface area contributed by atoms with E-state index in [-0.39, 0.29) is 0 Å². The Labute approximate surface area is 103 Å². The maximum atomic E-state index is 9.13. The molecule has 3 nitrogen and oxygen atoms in total. The van der Waals surface area contributed by atoms with Crippen LogP contribution in [-0.2, 0) is 0 Å². The Balaban J connectivity index is 2.40. The first-order chi connectivity index (χ1) is 8.22. The number of nitrogens with zero attached hydrogens (tertiary/aromatic N) is 1. The molecular weight excluding hydrogens is 236 g/mol. The van der Waals surface area contributed by atoms with Crippen LogP contribution in [0.4, 0.5) is 5.69 Å². The van der Waals surface area contributed by atoms with Crippen molar-refractivity contribution in [2.24, 2.45) is 5.16 Å². The van der Waals surface area contributed by atoms with Crippen molar-refractivity contribution in [2.45, 2.75) is 0 Å². The molecule has 0 spiro atoms. The van der Waals surface area contributed by atoms with Gasteiger partial charge in [-0.2, -0.15) is 0 Å². The topological polar surface area (TPSA) is 58.6 Å². The van der Waals surface area contributed by atoms with Crippen molar-refractivity contribution in [3.8, 4) is 11.1 Å². The Bertz CT molecular complexity index is 650. The van der Waals surface area contributed by atoms with E-state index in [1.165, 1.54) is 0 Å². The molecule has 2 aromatic rings. The summed E-state index contributed by atoms with van der Waals surface area (Å²) in [6.45, 7) is 0. The van der Waals surface area contributed by atoms with E-state index in [9.17, 15) is 0 Å². The minimum Gasteiger partial charge on any atom is -0.410 e. The fourth-order valence-electron chi connectivity index (χ4n) is 2.19. The SMILES string of the molecule is Nc1cc2c(cc1Cl)-c1ccccc1/C2=N/O. The smallest absolute Gasteiger partial charge is 0.118 e. The maximum Gasteiger partial charge on any atom is 0.118 e. The minimum absolute atomic E-state index is 0.486. The Morgan fingerprint density at radius 1 is 1.00 bits per heavy atom.